The third kappa shape index (κ3) is 5.46. The Morgan fingerprint density at radius 1 is 1.13 bits per heavy atom. The van der Waals surface area contributed by atoms with Crippen LogP contribution < -0.4 is 15.4 Å². The maximum absolute atomic E-state index is 13.7. The van der Waals surface area contributed by atoms with E-state index in [-0.39, 0.29) is 11.6 Å². The molecule has 0 bridgehead atoms. The van der Waals surface area contributed by atoms with Crippen molar-refractivity contribution in [1.29, 1.82) is 0 Å². The number of rotatable bonds is 6. The summed E-state index contributed by atoms with van der Waals surface area (Å²) in [6.45, 7) is 1.62. The van der Waals surface area contributed by atoms with Gasteiger partial charge in [-0.15, -0.1) is 0 Å². The third-order valence-electron chi connectivity index (χ3n) is 5.26. The summed E-state index contributed by atoms with van der Waals surface area (Å²) in [6, 6.07) is 9.71. The Hall–Kier alpha value is -3.16. The number of benzene rings is 2. The number of carbonyl (C=O) groups is 2. The van der Waals surface area contributed by atoms with E-state index in [1.807, 2.05) is 6.07 Å². The number of carbonyl (C=O) groups excluding carboxylic acids is 2. The molecule has 3 amide bonds. The van der Waals surface area contributed by atoms with Crippen molar-refractivity contribution in [2.45, 2.75) is 19.3 Å². The number of nitrogens with one attached hydrogen (secondary N) is 2. The van der Waals surface area contributed by atoms with Crippen molar-refractivity contribution in [3.63, 3.8) is 0 Å². The van der Waals surface area contributed by atoms with Crippen LogP contribution in [0.15, 0.2) is 42.5 Å². The van der Waals surface area contributed by atoms with Crippen molar-refractivity contribution in [3.05, 3.63) is 59.7 Å². The van der Waals surface area contributed by atoms with Crippen molar-refractivity contribution < 1.29 is 23.1 Å². The first kappa shape index (κ1) is 21.5. The van der Waals surface area contributed by atoms with Crippen LogP contribution in [0.1, 0.15) is 29.6 Å². The molecule has 1 saturated heterocycles. The Labute approximate surface area is 174 Å². The molecule has 0 aliphatic carbocycles. The van der Waals surface area contributed by atoms with Crippen LogP contribution in [0, 0.1) is 17.6 Å². The number of nitrogens with zero attached hydrogens (tertiary/aromatic N) is 1. The van der Waals surface area contributed by atoms with Crippen LogP contribution in [-0.4, -0.2) is 43.6 Å². The van der Waals surface area contributed by atoms with Crippen LogP contribution in [0.25, 0.3) is 0 Å². The molecule has 30 heavy (non-hydrogen) atoms. The minimum Gasteiger partial charge on any atom is -0.496 e. The largest absolute Gasteiger partial charge is 0.496 e. The monoisotopic (exact) mass is 417 g/mol. The van der Waals surface area contributed by atoms with Crippen LogP contribution in [0.3, 0.4) is 0 Å². The Bertz CT molecular complexity index is 899. The van der Waals surface area contributed by atoms with Crippen LogP contribution >= 0.6 is 0 Å². The molecule has 1 aliphatic heterocycles. The van der Waals surface area contributed by atoms with E-state index >= 15 is 0 Å². The lowest BCUT2D eigenvalue weighted by atomic mass is 9.93. The van der Waals surface area contributed by atoms with Gasteiger partial charge in [-0.3, -0.25) is 4.79 Å². The summed E-state index contributed by atoms with van der Waals surface area (Å²) in [5, 5.41) is 5.40. The molecule has 2 aromatic carbocycles. The lowest BCUT2D eigenvalue weighted by Crippen LogP contribution is -2.41. The van der Waals surface area contributed by atoms with E-state index in [2.05, 4.69) is 10.6 Å². The van der Waals surface area contributed by atoms with Gasteiger partial charge in [0.15, 0.2) is 0 Å². The van der Waals surface area contributed by atoms with Gasteiger partial charge < -0.3 is 20.3 Å². The van der Waals surface area contributed by atoms with Gasteiger partial charge in [-0.25, -0.2) is 13.6 Å². The normalized spacial score (nSPS) is 14.3. The molecule has 0 unspecified atom stereocenters. The van der Waals surface area contributed by atoms with Gasteiger partial charge in [-0.05, 0) is 49.4 Å². The standard InChI is InChI=1S/C22H25F2N3O3/c1-30-20-5-3-2-4-17(20)21(28)25-11-8-15-9-12-27(13-10-15)22(29)26-19-7-6-16(23)14-18(19)24/h2-7,14-15H,8-13H2,1H3,(H,25,28)(H,26,29). The van der Waals surface area contributed by atoms with Crippen LogP contribution in [0.2, 0.25) is 0 Å². The van der Waals surface area contributed by atoms with Crippen LogP contribution in [-0.2, 0) is 0 Å². The topological polar surface area (TPSA) is 70.7 Å². The zero-order chi connectivity index (χ0) is 21.5. The van der Waals surface area contributed by atoms with Gasteiger partial charge in [0.25, 0.3) is 5.91 Å². The second-order valence-electron chi connectivity index (χ2n) is 7.23. The van der Waals surface area contributed by atoms with Gasteiger partial charge in [0, 0.05) is 25.7 Å². The fraction of sp³-hybridized carbons (Fsp3) is 0.364. The molecule has 0 atom stereocenters. The Morgan fingerprint density at radius 3 is 2.57 bits per heavy atom. The van der Waals surface area contributed by atoms with Gasteiger partial charge in [0.05, 0.1) is 18.4 Å². The number of hydrogen-bond acceptors (Lipinski definition) is 3. The Morgan fingerprint density at radius 2 is 1.87 bits per heavy atom. The number of amides is 3. The molecule has 0 spiro atoms. The molecule has 8 heteroatoms. The molecule has 1 heterocycles. The number of para-hydroxylation sites is 1. The van der Waals surface area contributed by atoms with Gasteiger partial charge in [-0.1, -0.05) is 12.1 Å². The average Bonchev–Trinajstić information content (AvgIpc) is 2.76. The quantitative estimate of drug-likeness (QED) is 0.745. The number of urea groups is 1. The van der Waals surface area contributed by atoms with E-state index in [0.29, 0.717) is 36.9 Å². The number of ether oxygens (including phenoxy) is 1. The van der Waals surface area contributed by atoms with Crippen molar-refractivity contribution in [2.24, 2.45) is 5.92 Å². The summed E-state index contributed by atoms with van der Waals surface area (Å²) < 4.78 is 31.9. The second-order valence-corrected chi connectivity index (χ2v) is 7.23. The molecule has 160 valence electrons. The number of hydrogen-bond donors (Lipinski definition) is 2. The summed E-state index contributed by atoms with van der Waals surface area (Å²) in [6.07, 6.45) is 2.40. The van der Waals surface area contributed by atoms with Crippen molar-refractivity contribution in [3.8, 4) is 5.75 Å². The summed E-state index contributed by atoms with van der Waals surface area (Å²) >= 11 is 0. The highest BCUT2D eigenvalue weighted by Crippen LogP contribution is 2.22. The molecule has 3 rings (SSSR count). The van der Waals surface area contributed by atoms with E-state index in [0.717, 1.165) is 31.4 Å². The minimum absolute atomic E-state index is 0.0393. The third-order valence-corrected chi connectivity index (χ3v) is 5.26. The lowest BCUT2D eigenvalue weighted by Gasteiger charge is -2.32. The van der Waals surface area contributed by atoms with E-state index in [9.17, 15) is 18.4 Å². The number of piperidine rings is 1. The molecule has 1 aliphatic rings. The molecule has 6 nitrogen and oxygen atoms in total. The molecule has 0 saturated carbocycles. The summed E-state index contributed by atoms with van der Waals surface area (Å²) in [7, 11) is 1.53. The summed E-state index contributed by atoms with van der Waals surface area (Å²) in [4.78, 5) is 26.3. The molecular weight excluding hydrogens is 392 g/mol. The highest BCUT2D eigenvalue weighted by atomic mass is 19.1. The number of halogens is 2. The van der Waals surface area contributed by atoms with Crippen molar-refractivity contribution in [2.75, 3.05) is 32.1 Å². The first-order chi connectivity index (χ1) is 14.5. The fourth-order valence-electron chi connectivity index (χ4n) is 3.53. The van der Waals surface area contributed by atoms with E-state index in [4.69, 9.17) is 4.74 Å². The van der Waals surface area contributed by atoms with Crippen molar-refractivity contribution in [1.82, 2.24) is 10.2 Å². The van der Waals surface area contributed by atoms with Crippen molar-refractivity contribution >= 4 is 17.6 Å². The Balaban J connectivity index is 1.41. The number of likely N-dealkylation sites (tertiary alicyclic amines) is 1. The zero-order valence-corrected chi connectivity index (χ0v) is 16.8. The fourth-order valence-corrected chi connectivity index (χ4v) is 3.53. The maximum atomic E-state index is 13.7. The molecule has 2 N–H and O–H groups in total. The molecule has 0 aromatic heterocycles. The summed E-state index contributed by atoms with van der Waals surface area (Å²) in [5.41, 5.74) is 0.460. The number of methoxy groups -OCH3 is 1. The van der Waals surface area contributed by atoms with Gasteiger partial charge in [-0.2, -0.15) is 0 Å². The predicted octanol–water partition coefficient (Wildman–Crippen LogP) is 4.04. The van der Waals surface area contributed by atoms with E-state index < -0.39 is 17.7 Å². The first-order valence-corrected chi connectivity index (χ1v) is 9.90. The highest BCUT2D eigenvalue weighted by molar-refractivity contribution is 5.96. The lowest BCUT2D eigenvalue weighted by molar-refractivity contribution is 0.0946. The van der Waals surface area contributed by atoms with Crippen LogP contribution in [0.5, 0.6) is 5.75 Å². The van der Waals surface area contributed by atoms with Gasteiger partial charge in [0.2, 0.25) is 0 Å². The second kappa shape index (κ2) is 10.0. The first-order valence-electron chi connectivity index (χ1n) is 9.90. The zero-order valence-electron chi connectivity index (χ0n) is 16.8. The smallest absolute Gasteiger partial charge is 0.321 e. The number of anilines is 1. The Kier molecular flexibility index (Phi) is 7.21. The highest BCUT2D eigenvalue weighted by Gasteiger charge is 2.23. The summed E-state index contributed by atoms with van der Waals surface area (Å²) in [5.74, 6) is -0.750. The molecular formula is C22H25F2N3O3. The minimum atomic E-state index is -0.802. The van der Waals surface area contributed by atoms with Crippen LogP contribution in [0.4, 0.5) is 19.3 Å². The van der Waals surface area contributed by atoms with E-state index in [1.54, 1.807) is 23.1 Å². The molecule has 2 aromatic rings. The van der Waals surface area contributed by atoms with Gasteiger partial charge >= 0.3 is 6.03 Å². The molecule has 0 radical (unpaired) electrons. The van der Waals surface area contributed by atoms with E-state index in [1.165, 1.54) is 13.2 Å². The predicted molar refractivity (Wildman–Crippen MR) is 110 cm³/mol. The average molecular weight is 417 g/mol. The SMILES string of the molecule is COc1ccccc1C(=O)NCCC1CCN(C(=O)Nc2ccc(F)cc2F)CC1. The van der Waals surface area contributed by atoms with Gasteiger partial charge in [0.1, 0.15) is 17.4 Å². The maximum Gasteiger partial charge on any atom is 0.321 e. The molecule has 1 fully saturated rings.